The number of nitrogens with zero attached hydrogens (tertiary/aromatic N) is 1. The third-order valence-corrected chi connectivity index (χ3v) is 10.6. The van der Waals surface area contributed by atoms with Crippen LogP contribution in [0.4, 0.5) is 11.4 Å². The zero-order chi connectivity index (χ0) is 30.1. The summed E-state index contributed by atoms with van der Waals surface area (Å²) in [5.41, 5.74) is 15.4. The number of fused-ring (bicyclic) bond motifs is 7. The van der Waals surface area contributed by atoms with Gasteiger partial charge in [-0.1, -0.05) is 98.9 Å². The van der Waals surface area contributed by atoms with E-state index in [0.717, 1.165) is 43.4 Å². The predicted molar refractivity (Wildman–Crippen MR) is 188 cm³/mol. The monoisotopic (exact) mass is 583 g/mol. The molecule has 0 radical (unpaired) electrons. The predicted octanol–water partition coefficient (Wildman–Crippen LogP) is 11.3. The molecule has 1 heterocycles. The highest BCUT2D eigenvalue weighted by molar-refractivity contribution is 5.97. The van der Waals surface area contributed by atoms with Gasteiger partial charge in [-0.25, -0.2) is 0 Å². The summed E-state index contributed by atoms with van der Waals surface area (Å²) >= 11 is 0. The molecule has 2 nitrogen and oxygen atoms in total. The number of rotatable bonds is 4. The topological polar surface area (TPSA) is 16.4 Å². The first-order valence-corrected chi connectivity index (χ1v) is 16.5. The lowest BCUT2D eigenvalue weighted by atomic mass is 9.77. The van der Waals surface area contributed by atoms with Crippen molar-refractivity contribution in [1.29, 1.82) is 0 Å². The standard InChI is InChI=1S/C43H37NO/c1-43(2)38-24-22-34(27-37(38)41-39(43)25-23-36-35-14-8-9-15-40(35)45-42(36)41)44(33-21-18-29-12-6-7-13-31(29)26-33)32-19-16-30(17-20-32)28-10-4-3-5-11-28/h4,6-17,19-22,24,26-27,29H,3,5,18,23,25H2,1-2H3. The minimum Gasteiger partial charge on any atom is -0.456 e. The van der Waals surface area contributed by atoms with Crippen molar-refractivity contribution >= 4 is 33.5 Å². The third-order valence-electron chi connectivity index (χ3n) is 10.6. The van der Waals surface area contributed by atoms with Gasteiger partial charge in [-0.3, -0.25) is 0 Å². The Labute approximate surface area is 265 Å². The molecular formula is C43H37NO. The van der Waals surface area contributed by atoms with Crippen LogP contribution in [0.25, 0.3) is 22.1 Å². The quantitative estimate of drug-likeness (QED) is 0.238. The Morgan fingerprint density at radius 1 is 0.844 bits per heavy atom. The molecule has 4 aromatic rings. The third kappa shape index (κ3) is 4.15. The molecule has 0 saturated heterocycles. The molecule has 0 N–H and O–H groups in total. The van der Waals surface area contributed by atoms with Gasteiger partial charge in [-0.15, -0.1) is 0 Å². The van der Waals surface area contributed by atoms with E-state index in [1.165, 1.54) is 67.0 Å². The summed E-state index contributed by atoms with van der Waals surface area (Å²) in [6.07, 6.45) is 26.0. The van der Waals surface area contributed by atoms with Crippen molar-refractivity contribution in [3.05, 3.63) is 166 Å². The number of para-hydroxylation sites is 1. The average molecular weight is 584 g/mol. The molecule has 45 heavy (non-hydrogen) atoms. The summed E-state index contributed by atoms with van der Waals surface area (Å²) in [4.78, 5) is 2.46. The number of benzene rings is 3. The SMILES string of the molecule is CC1(C)C2=C(c3cc(N(C4=CCC5C=CC=CC5=C4)c4ccc(C5=CCCC=C5)cc4)ccc31)c1oc3ccccc3c1CC2. The van der Waals surface area contributed by atoms with Crippen LogP contribution in [0, 0.1) is 5.92 Å². The molecule has 1 atom stereocenters. The van der Waals surface area contributed by atoms with Gasteiger partial charge < -0.3 is 9.32 Å². The van der Waals surface area contributed by atoms with Crippen molar-refractivity contribution in [2.75, 3.05) is 4.90 Å². The maximum atomic E-state index is 6.67. The molecule has 0 fully saturated rings. The van der Waals surface area contributed by atoms with Crippen LogP contribution in [0.1, 0.15) is 67.5 Å². The lowest BCUT2D eigenvalue weighted by Gasteiger charge is -2.31. The van der Waals surface area contributed by atoms with Gasteiger partial charge in [0.05, 0.1) is 0 Å². The lowest BCUT2D eigenvalue weighted by molar-refractivity contribution is 0.571. The van der Waals surface area contributed by atoms with Gasteiger partial charge in [0.25, 0.3) is 0 Å². The molecule has 220 valence electrons. The van der Waals surface area contributed by atoms with E-state index in [9.17, 15) is 0 Å². The highest BCUT2D eigenvalue weighted by Crippen LogP contribution is 2.55. The largest absolute Gasteiger partial charge is 0.456 e. The molecule has 0 aliphatic heterocycles. The summed E-state index contributed by atoms with van der Waals surface area (Å²) in [5, 5.41) is 1.26. The summed E-state index contributed by atoms with van der Waals surface area (Å²) in [6.45, 7) is 4.78. The van der Waals surface area contributed by atoms with Gasteiger partial charge in [0, 0.05) is 44.9 Å². The first kappa shape index (κ1) is 26.6. The van der Waals surface area contributed by atoms with Gasteiger partial charge in [0.2, 0.25) is 0 Å². The number of allylic oxidation sites excluding steroid dienone is 12. The Bertz CT molecular complexity index is 2100. The molecule has 0 spiro atoms. The minimum atomic E-state index is -0.0356. The Kier molecular flexibility index (Phi) is 5.97. The lowest BCUT2D eigenvalue weighted by Crippen LogP contribution is -2.20. The van der Waals surface area contributed by atoms with E-state index in [-0.39, 0.29) is 5.41 Å². The highest BCUT2D eigenvalue weighted by atomic mass is 16.3. The first-order valence-electron chi connectivity index (χ1n) is 16.5. The van der Waals surface area contributed by atoms with Crippen molar-refractivity contribution in [2.24, 2.45) is 5.92 Å². The van der Waals surface area contributed by atoms with Crippen LogP contribution in [0.5, 0.6) is 0 Å². The van der Waals surface area contributed by atoms with Crippen molar-refractivity contribution in [1.82, 2.24) is 0 Å². The van der Waals surface area contributed by atoms with E-state index in [2.05, 4.69) is 140 Å². The van der Waals surface area contributed by atoms with Crippen molar-refractivity contribution in [2.45, 2.75) is 51.4 Å². The van der Waals surface area contributed by atoms with Gasteiger partial charge in [-0.05, 0) is 102 Å². The Hall–Kier alpha value is -4.82. The second-order valence-electron chi connectivity index (χ2n) is 13.5. The molecule has 9 rings (SSSR count). The van der Waals surface area contributed by atoms with Crippen LogP contribution >= 0.6 is 0 Å². The molecule has 5 aliphatic carbocycles. The van der Waals surface area contributed by atoms with Crippen LogP contribution in [-0.4, -0.2) is 0 Å². The molecule has 0 bridgehead atoms. The van der Waals surface area contributed by atoms with E-state index in [1.807, 2.05) is 0 Å². The van der Waals surface area contributed by atoms with E-state index in [1.54, 1.807) is 0 Å². The molecule has 1 unspecified atom stereocenters. The fraction of sp³-hybridized carbons (Fsp3) is 0.209. The maximum absolute atomic E-state index is 6.67. The van der Waals surface area contributed by atoms with Crippen LogP contribution in [0.2, 0.25) is 0 Å². The first-order chi connectivity index (χ1) is 22.1. The van der Waals surface area contributed by atoms with Gasteiger partial charge >= 0.3 is 0 Å². The molecule has 5 aliphatic rings. The molecule has 3 aromatic carbocycles. The Morgan fingerprint density at radius 2 is 1.71 bits per heavy atom. The smallest absolute Gasteiger partial charge is 0.139 e. The number of hydrogen-bond donors (Lipinski definition) is 0. The Balaban J connectivity index is 1.19. The zero-order valence-electron chi connectivity index (χ0n) is 26.0. The normalized spacial score (nSPS) is 20.7. The second-order valence-corrected chi connectivity index (χ2v) is 13.5. The van der Waals surface area contributed by atoms with Crippen LogP contribution in [0.15, 0.2) is 143 Å². The van der Waals surface area contributed by atoms with Crippen LogP contribution in [0.3, 0.4) is 0 Å². The average Bonchev–Trinajstić information content (AvgIpc) is 3.57. The summed E-state index contributed by atoms with van der Waals surface area (Å²) in [7, 11) is 0. The molecule has 1 aromatic heterocycles. The number of anilines is 2. The fourth-order valence-electron chi connectivity index (χ4n) is 8.24. The van der Waals surface area contributed by atoms with Gasteiger partial charge in [-0.2, -0.15) is 0 Å². The van der Waals surface area contributed by atoms with E-state index < -0.39 is 0 Å². The number of hydrogen-bond acceptors (Lipinski definition) is 2. The van der Waals surface area contributed by atoms with Gasteiger partial charge in [0.15, 0.2) is 0 Å². The van der Waals surface area contributed by atoms with Gasteiger partial charge in [0.1, 0.15) is 11.3 Å². The molecule has 0 saturated carbocycles. The van der Waals surface area contributed by atoms with E-state index >= 15 is 0 Å². The fourth-order valence-corrected chi connectivity index (χ4v) is 8.24. The summed E-state index contributed by atoms with van der Waals surface area (Å²) < 4.78 is 6.67. The van der Waals surface area contributed by atoms with Crippen molar-refractivity contribution < 1.29 is 4.42 Å². The van der Waals surface area contributed by atoms with Crippen molar-refractivity contribution in [3.8, 4) is 0 Å². The summed E-state index contributed by atoms with van der Waals surface area (Å²) in [6, 6.07) is 24.8. The van der Waals surface area contributed by atoms with Crippen molar-refractivity contribution in [3.63, 3.8) is 0 Å². The van der Waals surface area contributed by atoms with E-state index in [4.69, 9.17) is 4.42 Å². The summed E-state index contributed by atoms with van der Waals surface area (Å²) in [5.74, 6) is 1.53. The molecular weight excluding hydrogens is 546 g/mol. The number of aryl methyl sites for hydroxylation is 1. The second kappa shape index (κ2) is 10.1. The Morgan fingerprint density at radius 3 is 2.58 bits per heavy atom. The maximum Gasteiger partial charge on any atom is 0.139 e. The van der Waals surface area contributed by atoms with Crippen LogP contribution in [-0.2, 0) is 11.8 Å². The molecule has 0 amide bonds. The van der Waals surface area contributed by atoms with E-state index in [0.29, 0.717) is 5.92 Å². The number of furan rings is 1. The molecule has 2 heteroatoms. The zero-order valence-corrected chi connectivity index (χ0v) is 26.0. The highest BCUT2D eigenvalue weighted by Gasteiger charge is 2.42. The minimum absolute atomic E-state index is 0.0356. The van der Waals surface area contributed by atoms with Crippen LogP contribution < -0.4 is 4.90 Å².